The van der Waals surface area contributed by atoms with E-state index in [0.717, 1.165) is 5.69 Å². The van der Waals surface area contributed by atoms with Crippen molar-refractivity contribution in [2.75, 3.05) is 0 Å². The molecule has 1 aromatic heterocycles. The van der Waals surface area contributed by atoms with E-state index in [-0.39, 0.29) is 5.41 Å². The summed E-state index contributed by atoms with van der Waals surface area (Å²) in [5, 5.41) is 13.1. The molecular formula is C10H17N3O2. The first-order chi connectivity index (χ1) is 6.73. The molecule has 0 spiro atoms. The van der Waals surface area contributed by atoms with Gasteiger partial charge in [0.25, 0.3) is 0 Å². The quantitative estimate of drug-likeness (QED) is 0.758. The maximum absolute atomic E-state index is 10.7. The second kappa shape index (κ2) is 3.66. The molecule has 0 fully saturated rings. The molecule has 5 heteroatoms. The molecule has 0 aliphatic heterocycles. The maximum atomic E-state index is 10.7. The molecule has 1 atom stereocenters. The van der Waals surface area contributed by atoms with E-state index in [1.54, 1.807) is 13.1 Å². The highest BCUT2D eigenvalue weighted by Gasteiger charge is 2.24. The Kier molecular flexibility index (Phi) is 2.86. The van der Waals surface area contributed by atoms with Crippen LogP contribution in [0.15, 0.2) is 6.07 Å². The van der Waals surface area contributed by atoms with Gasteiger partial charge in [-0.15, -0.1) is 0 Å². The smallest absolute Gasteiger partial charge is 0.326 e. The molecule has 0 bridgehead atoms. The molecular weight excluding hydrogens is 194 g/mol. The van der Waals surface area contributed by atoms with Gasteiger partial charge in [0, 0.05) is 12.5 Å². The minimum absolute atomic E-state index is 0.103. The van der Waals surface area contributed by atoms with Gasteiger partial charge in [0.05, 0.1) is 11.4 Å². The first-order valence-electron chi connectivity index (χ1n) is 4.76. The molecule has 1 rings (SSSR count). The molecule has 0 aliphatic carbocycles. The largest absolute Gasteiger partial charge is 0.480 e. The van der Waals surface area contributed by atoms with Gasteiger partial charge in [-0.25, -0.2) is 0 Å². The Morgan fingerprint density at radius 3 is 2.47 bits per heavy atom. The lowest BCUT2D eigenvalue weighted by atomic mass is 9.92. The minimum atomic E-state index is -1.04. The number of aromatic nitrogens is 2. The number of carbonyl (C=O) groups is 1. The molecule has 0 aromatic carbocycles. The fourth-order valence-corrected chi connectivity index (χ4v) is 1.27. The van der Waals surface area contributed by atoms with Gasteiger partial charge in [0.15, 0.2) is 0 Å². The standard InChI is InChI=1S/C10H17N3O2/c1-10(2,3)7-5-6(13(4)12-7)8(11)9(14)15/h5,8H,11H2,1-4H3,(H,14,15). The normalized spacial score (nSPS) is 13.9. The Hall–Kier alpha value is -1.36. The van der Waals surface area contributed by atoms with Crippen molar-refractivity contribution in [1.29, 1.82) is 0 Å². The molecule has 0 aliphatic rings. The Morgan fingerprint density at radius 2 is 2.13 bits per heavy atom. The van der Waals surface area contributed by atoms with Crippen molar-refractivity contribution in [3.8, 4) is 0 Å². The van der Waals surface area contributed by atoms with Crippen LogP contribution in [0.5, 0.6) is 0 Å². The van der Waals surface area contributed by atoms with Gasteiger partial charge in [-0.2, -0.15) is 5.10 Å². The lowest BCUT2D eigenvalue weighted by Crippen LogP contribution is -2.23. The zero-order valence-electron chi connectivity index (χ0n) is 9.48. The van der Waals surface area contributed by atoms with Crippen LogP contribution in [0, 0.1) is 0 Å². The number of aryl methyl sites for hydroxylation is 1. The summed E-state index contributed by atoms with van der Waals surface area (Å²) in [5.41, 5.74) is 6.80. The van der Waals surface area contributed by atoms with E-state index in [0.29, 0.717) is 5.69 Å². The summed E-state index contributed by atoms with van der Waals surface area (Å²) >= 11 is 0. The van der Waals surface area contributed by atoms with Gasteiger partial charge in [0.2, 0.25) is 0 Å². The number of hydrogen-bond donors (Lipinski definition) is 2. The molecule has 0 radical (unpaired) electrons. The van der Waals surface area contributed by atoms with Crippen LogP contribution in [0.1, 0.15) is 38.2 Å². The van der Waals surface area contributed by atoms with E-state index < -0.39 is 12.0 Å². The third kappa shape index (κ3) is 2.36. The van der Waals surface area contributed by atoms with Crippen LogP contribution >= 0.6 is 0 Å². The highest BCUT2D eigenvalue weighted by atomic mass is 16.4. The summed E-state index contributed by atoms with van der Waals surface area (Å²) in [4.78, 5) is 10.7. The average molecular weight is 211 g/mol. The molecule has 5 nitrogen and oxygen atoms in total. The van der Waals surface area contributed by atoms with Crippen LogP contribution in [-0.4, -0.2) is 20.9 Å². The third-order valence-electron chi connectivity index (χ3n) is 2.27. The molecule has 84 valence electrons. The van der Waals surface area contributed by atoms with Gasteiger partial charge in [-0.3, -0.25) is 9.48 Å². The van der Waals surface area contributed by atoms with Crippen molar-refractivity contribution < 1.29 is 9.90 Å². The summed E-state index contributed by atoms with van der Waals surface area (Å²) in [6.07, 6.45) is 0. The zero-order chi connectivity index (χ0) is 11.8. The fraction of sp³-hybridized carbons (Fsp3) is 0.600. The first kappa shape index (κ1) is 11.7. The average Bonchev–Trinajstić information content (AvgIpc) is 2.45. The molecule has 1 aromatic rings. The zero-order valence-corrected chi connectivity index (χ0v) is 9.48. The fourth-order valence-electron chi connectivity index (χ4n) is 1.27. The van der Waals surface area contributed by atoms with Crippen molar-refractivity contribution in [1.82, 2.24) is 9.78 Å². The van der Waals surface area contributed by atoms with Gasteiger partial charge in [-0.05, 0) is 6.07 Å². The van der Waals surface area contributed by atoms with Crippen molar-refractivity contribution in [2.45, 2.75) is 32.2 Å². The summed E-state index contributed by atoms with van der Waals surface area (Å²) in [5.74, 6) is -1.04. The summed E-state index contributed by atoms with van der Waals surface area (Å²) in [6.45, 7) is 6.06. The monoisotopic (exact) mass is 211 g/mol. The third-order valence-corrected chi connectivity index (χ3v) is 2.27. The van der Waals surface area contributed by atoms with Crippen molar-refractivity contribution in [3.05, 3.63) is 17.5 Å². The van der Waals surface area contributed by atoms with E-state index in [1.807, 2.05) is 20.8 Å². The number of carboxylic acid groups (broad SMARTS) is 1. The summed E-state index contributed by atoms with van der Waals surface area (Å²) in [7, 11) is 1.70. The number of nitrogens with two attached hydrogens (primary N) is 1. The van der Waals surface area contributed by atoms with Crippen LogP contribution in [0.4, 0.5) is 0 Å². The molecule has 1 heterocycles. The molecule has 0 amide bonds. The number of nitrogens with zero attached hydrogens (tertiary/aromatic N) is 2. The number of carboxylic acids is 1. The van der Waals surface area contributed by atoms with E-state index in [9.17, 15) is 4.79 Å². The van der Waals surface area contributed by atoms with Gasteiger partial charge >= 0.3 is 5.97 Å². The first-order valence-corrected chi connectivity index (χ1v) is 4.76. The van der Waals surface area contributed by atoms with Crippen LogP contribution in [0.3, 0.4) is 0 Å². The van der Waals surface area contributed by atoms with Crippen LogP contribution in [0.25, 0.3) is 0 Å². The lowest BCUT2D eigenvalue weighted by Gasteiger charge is -2.13. The number of aliphatic carboxylic acids is 1. The Balaban J connectivity index is 3.12. The highest BCUT2D eigenvalue weighted by molar-refractivity contribution is 5.74. The molecule has 0 saturated heterocycles. The summed E-state index contributed by atoms with van der Waals surface area (Å²) in [6, 6.07) is 0.734. The number of hydrogen-bond acceptors (Lipinski definition) is 3. The SMILES string of the molecule is Cn1nc(C(C)(C)C)cc1C(N)C(=O)O. The second-order valence-electron chi connectivity index (χ2n) is 4.64. The maximum Gasteiger partial charge on any atom is 0.326 e. The Labute approximate surface area is 88.9 Å². The highest BCUT2D eigenvalue weighted by Crippen LogP contribution is 2.23. The second-order valence-corrected chi connectivity index (χ2v) is 4.64. The minimum Gasteiger partial charge on any atom is -0.480 e. The van der Waals surface area contributed by atoms with Crippen molar-refractivity contribution >= 4 is 5.97 Å². The predicted molar refractivity (Wildman–Crippen MR) is 56.5 cm³/mol. The predicted octanol–water partition coefficient (Wildman–Crippen LogP) is 0.802. The topological polar surface area (TPSA) is 81.1 Å². The van der Waals surface area contributed by atoms with Crippen molar-refractivity contribution in [2.24, 2.45) is 12.8 Å². The molecule has 0 saturated carbocycles. The molecule has 3 N–H and O–H groups in total. The van der Waals surface area contributed by atoms with Crippen LogP contribution in [0.2, 0.25) is 0 Å². The van der Waals surface area contributed by atoms with Gasteiger partial charge in [-0.1, -0.05) is 20.8 Å². The molecule has 15 heavy (non-hydrogen) atoms. The Morgan fingerprint density at radius 1 is 1.60 bits per heavy atom. The van der Waals surface area contributed by atoms with Gasteiger partial charge in [0.1, 0.15) is 6.04 Å². The Bertz CT molecular complexity index is 377. The van der Waals surface area contributed by atoms with E-state index >= 15 is 0 Å². The summed E-state index contributed by atoms with van der Waals surface area (Å²) < 4.78 is 1.53. The van der Waals surface area contributed by atoms with Gasteiger partial charge < -0.3 is 10.8 Å². The van der Waals surface area contributed by atoms with Crippen molar-refractivity contribution in [3.63, 3.8) is 0 Å². The van der Waals surface area contributed by atoms with Crippen LogP contribution in [-0.2, 0) is 17.3 Å². The lowest BCUT2D eigenvalue weighted by molar-refractivity contribution is -0.138. The van der Waals surface area contributed by atoms with E-state index in [2.05, 4.69) is 5.10 Å². The number of rotatable bonds is 2. The van der Waals surface area contributed by atoms with Crippen LogP contribution < -0.4 is 5.73 Å². The van der Waals surface area contributed by atoms with E-state index in [4.69, 9.17) is 10.8 Å². The van der Waals surface area contributed by atoms with E-state index in [1.165, 1.54) is 4.68 Å². The molecule has 1 unspecified atom stereocenters.